The molecule has 3 heterocycles. The third-order valence-electron chi connectivity index (χ3n) is 7.33. The Balaban J connectivity index is 1.73. The molecule has 0 spiro atoms. The molecule has 1 aliphatic rings. The third kappa shape index (κ3) is 6.29. The van der Waals surface area contributed by atoms with Gasteiger partial charge < -0.3 is 15.4 Å². The Kier molecular flexibility index (Phi) is 7.80. The molecule has 15 heteroatoms. The van der Waals surface area contributed by atoms with E-state index in [9.17, 15) is 22.4 Å². The van der Waals surface area contributed by atoms with Crippen LogP contribution in [0.1, 0.15) is 59.9 Å². The lowest BCUT2D eigenvalue weighted by molar-refractivity contribution is -0.139. The molecular weight excluding hydrogens is 546 g/mol. The van der Waals surface area contributed by atoms with Crippen molar-refractivity contribution >= 4 is 17.5 Å². The standard InChI is InChI=1S/C26H35F4N9O2/c1-14(2)41-20-17(26(28,29)30)9-15(10-19(20)39-23(40)37(7)35-36-39)33-22-31-13-18(27)21(34-22)32-16-11-24(3,4)38(8)25(5,6)12-16/h9-10,13-14,16H,11-12H2,1-8H3,(H2,31,32,33,34). The molecule has 1 aliphatic heterocycles. The summed E-state index contributed by atoms with van der Waals surface area (Å²) in [4.78, 5) is 23.0. The molecule has 4 rings (SSSR count). The van der Waals surface area contributed by atoms with Gasteiger partial charge in [0.1, 0.15) is 11.3 Å². The number of nitrogens with one attached hydrogen (secondary N) is 2. The van der Waals surface area contributed by atoms with E-state index in [1.807, 2.05) is 0 Å². The summed E-state index contributed by atoms with van der Waals surface area (Å²) in [6.45, 7) is 11.5. The van der Waals surface area contributed by atoms with Crippen LogP contribution in [-0.4, -0.2) is 64.9 Å². The summed E-state index contributed by atoms with van der Waals surface area (Å²) in [6.07, 6.45) is -3.14. The predicted octanol–water partition coefficient (Wildman–Crippen LogP) is 4.51. The van der Waals surface area contributed by atoms with Gasteiger partial charge in [0, 0.05) is 29.9 Å². The highest BCUT2D eigenvalue weighted by Gasteiger charge is 2.43. The second-order valence-electron chi connectivity index (χ2n) is 11.8. The molecule has 0 atom stereocenters. The van der Waals surface area contributed by atoms with Gasteiger partial charge >= 0.3 is 11.9 Å². The number of nitrogens with zero attached hydrogens (tertiary/aromatic N) is 7. The first-order valence-corrected chi connectivity index (χ1v) is 13.1. The maximum atomic E-state index is 14.8. The zero-order valence-electron chi connectivity index (χ0n) is 24.3. The minimum atomic E-state index is -4.85. The molecular formula is C26H35F4N9O2. The fourth-order valence-electron chi connectivity index (χ4n) is 5.20. The van der Waals surface area contributed by atoms with Crippen molar-refractivity contribution in [1.82, 2.24) is 34.7 Å². The lowest BCUT2D eigenvalue weighted by atomic mass is 9.77. The zero-order chi connectivity index (χ0) is 30.5. The number of halogens is 4. The summed E-state index contributed by atoms with van der Waals surface area (Å²) < 4.78 is 64.6. The maximum Gasteiger partial charge on any atom is 0.420 e. The van der Waals surface area contributed by atoms with Gasteiger partial charge in [-0.15, -0.1) is 0 Å². The summed E-state index contributed by atoms with van der Waals surface area (Å²) in [5.41, 5.74) is -2.69. The van der Waals surface area contributed by atoms with Crippen LogP contribution >= 0.6 is 0 Å². The highest BCUT2D eigenvalue weighted by molar-refractivity contribution is 5.66. The molecule has 224 valence electrons. The van der Waals surface area contributed by atoms with Crippen LogP contribution in [0.3, 0.4) is 0 Å². The summed E-state index contributed by atoms with van der Waals surface area (Å²) in [7, 11) is 3.37. The molecule has 2 N–H and O–H groups in total. The molecule has 2 aromatic heterocycles. The molecule has 11 nitrogen and oxygen atoms in total. The van der Waals surface area contributed by atoms with Crippen LogP contribution in [0.25, 0.3) is 5.69 Å². The number of alkyl halides is 3. The van der Waals surface area contributed by atoms with E-state index in [4.69, 9.17) is 4.74 Å². The van der Waals surface area contributed by atoms with Crippen LogP contribution < -0.4 is 21.1 Å². The summed E-state index contributed by atoms with van der Waals surface area (Å²) in [6, 6.07) is 1.93. The SMILES string of the molecule is CC(C)Oc1c(-n2nnn(C)c2=O)cc(Nc2ncc(F)c(NC3CC(C)(C)N(C)C(C)(C)C3)n2)cc1C(F)(F)F. The van der Waals surface area contributed by atoms with Crippen molar-refractivity contribution in [2.45, 2.75) is 83.8 Å². The molecule has 41 heavy (non-hydrogen) atoms. The Hall–Kier alpha value is -3.75. The minimum Gasteiger partial charge on any atom is -0.488 e. The van der Waals surface area contributed by atoms with Gasteiger partial charge in [-0.2, -0.15) is 27.5 Å². The summed E-state index contributed by atoms with van der Waals surface area (Å²) >= 11 is 0. The van der Waals surface area contributed by atoms with Gasteiger partial charge in [0.2, 0.25) is 5.95 Å². The smallest absolute Gasteiger partial charge is 0.420 e. The minimum absolute atomic E-state index is 0.0789. The van der Waals surface area contributed by atoms with Gasteiger partial charge in [-0.1, -0.05) is 0 Å². The largest absolute Gasteiger partial charge is 0.488 e. The van der Waals surface area contributed by atoms with E-state index in [0.717, 1.165) is 16.9 Å². The van der Waals surface area contributed by atoms with Gasteiger partial charge in [-0.3, -0.25) is 4.90 Å². The number of likely N-dealkylation sites (tertiary alicyclic amines) is 1. The number of tetrazole rings is 1. The van der Waals surface area contributed by atoms with Crippen molar-refractivity contribution in [3.8, 4) is 11.4 Å². The highest BCUT2D eigenvalue weighted by Crippen LogP contribution is 2.42. The van der Waals surface area contributed by atoms with Crippen molar-refractivity contribution in [3.63, 3.8) is 0 Å². The second-order valence-corrected chi connectivity index (χ2v) is 11.8. The van der Waals surface area contributed by atoms with E-state index in [2.05, 4.69) is 70.7 Å². The van der Waals surface area contributed by atoms with E-state index in [-0.39, 0.29) is 40.3 Å². The van der Waals surface area contributed by atoms with E-state index < -0.39 is 35.1 Å². The fourth-order valence-corrected chi connectivity index (χ4v) is 5.20. The number of aromatic nitrogens is 6. The van der Waals surface area contributed by atoms with Crippen molar-refractivity contribution in [2.24, 2.45) is 7.05 Å². The van der Waals surface area contributed by atoms with Crippen molar-refractivity contribution in [2.75, 3.05) is 17.7 Å². The molecule has 1 aromatic carbocycles. The predicted molar refractivity (Wildman–Crippen MR) is 145 cm³/mol. The van der Waals surface area contributed by atoms with Crippen LogP contribution in [-0.2, 0) is 13.2 Å². The van der Waals surface area contributed by atoms with Crippen molar-refractivity contribution in [1.29, 1.82) is 0 Å². The van der Waals surface area contributed by atoms with Gasteiger partial charge in [-0.05, 0) is 84.0 Å². The number of piperidine rings is 1. The molecule has 0 radical (unpaired) electrons. The van der Waals surface area contributed by atoms with E-state index in [0.29, 0.717) is 17.5 Å². The molecule has 0 amide bonds. The molecule has 1 saturated heterocycles. The normalized spacial score (nSPS) is 17.6. The number of hydrogen-bond acceptors (Lipinski definition) is 9. The quantitative estimate of drug-likeness (QED) is 0.389. The topological polar surface area (TPSA) is 115 Å². The molecule has 1 fully saturated rings. The number of rotatable bonds is 7. The number of aryl methyl sites for hydroxylation is 1. The van der Waals surface area contributed by atoms with Gasteiger partial charge in [0.15, 0.2) is 17.4 Å². The number of anilines is 3. The number of ether oxygens (including phenoxy) is 1. The Morgan fingerprint density at radius 2 is 1.71 bits per heavy atom. The Bertz CT molecular complexity index is 1460. The molecule has 0 unspecified atom stereocenters. The first-order valence-electron chi connectivity index (χ1n) is 13.1. The molecule has 0 aliphatic carbocycles. The lowest BCUT2D eigenvalue weighted by Gasteiger charge is -2.53. The Morgan fingerprint density at radius 1 is 1.07 bits per heavy atom. The first-order chi connectivity index (χ1) is 18.9. The molecule has 3 aromatic rings. The summed E-state index contributed by atoms with van der Waals surface area (Å²) in [5.74, 6) is -1.52. The van der Waals surface area contributed by atoms with E-state index in [1.54, 1.807) is 13.8 Å². The van der Waals surface area contributed by atoms with Crippen LogP contribution in [0.2, 0.25) is 0 Å². The molecule has 0 saturated carbocycles. The van der Waals surface area contributed by atoms with Gasteiger partial charge in [-0.25, -0.2) is 14.2 Å². The monoisotopic (exact) mass is 581 g/mol. The maximum absolute atomic E-state index is 14.8. The fraction of sp³-hybridized carbons (Fsp3) is 0.577. The number of benzene rings is 1. The highest BCUT2D eigenvalue weighted by atomic mass is 19.4. The lowest BCUT2D eigenvalue weighted by Crippen LogP contribution is -2.61. The Morgan fingerprint density at radius 3 is 2.24 bits per heavy atom. The van der Waals surface area contributed by atoms with Crippen LogP contribution in [0, 0.1) is 5.82 Å². The van der Waals surface area contributed by atoms with Crippen molar-refractivity contribution < 1.29 is 22.3 Å². The van der Waals surface area contributed by atoms with Crippen molar-refractivity contribution in [3.05, 3.63) is 40.2 Å². The van der Waals surface area contributed by atoms with E-state index in [1.165, 1.54) is 13.1 Å². The van der Waals surface area contributed by atoms with E-state index >= 15 is 0 Å². The zero-order valence-corrected chi connectivity index (χ0v) is 24.3. The molecule has 0 bridgehead atoms. The average Bonchev–Trinajstić information content (AvgIpc) is 3.17. The third-order valence-corrected chi connectivity index (χ3v) is 7.33. The first kappa shape index (κ1) is 30.2. The van der Waals surface area contributed by atoms with Gasteiger partial charge in [0.05, 0.1) is 12.3 Å². The second kappa shape index (κ2) is 10.6. The van der Waals surface area contributed by atoms with Crippen LogP contribution in [0.15, 0.2) is 23.1 Å². The number of hydrogen-bond donors (Lipinski definition) is 2. The van der Waals surface area contributed by atoms with Gasteiger partial charge in [0.25, 0.3) is 0 Å². The summed E-state index contributed by atoms with van der Waals surface area (Å²) in [5, 5.41) is 13.2. The average molecular weight is 582 g/mol. The Labute approximate surface area is 234 Å². The van der Waals surface area contributed by atoms with Crippen LogP contribution in [0.4, 0.5) is 35.0 Å². The van der Waals surface area contributed by atoms with Crippen LogP contribution in [0.5, 0.6) is 5.75 Å².